The van der Waals surface area contributed by atoms with Crippen LogP contribution in [0.4, 0.5) is 5.69 Å². The molecule has 0 unspecified atom stereocenters. The van der Waals surface area contributed by atoms with E-state index in [9.17, 15) is 0 Å². The highest BCUT2D eigenvalue weighted by Gasteiger charge is 2.15. The molecule has 0 saturated carbocycles. The SMILES string of the molecule is c1ccc(-c2ccc(NCCC3CNC3)cc2)cc1. The van der Waals surface area contributed by atoms with Gasteiger partial charge in [-0.15, -0.1) is 0 Å². The van der Waals surface area contributed by atoms with Crippen molar-refractivity contribution in [3.63, 3.8) is 0 Å². The van der Waals surface area contributed by atoms with Crippen LogP contribution in [0.1, 0.15) is 6.42 Å². The van der Waals surface area contributed by atoms with Gasteiger partial charge in [-0.05, 0) is 48.7 Å². The maximum atomic E-state index is 3.49. The summed E-state index contributed by atoms with van der Waals surface area (Å²) in [5.74, 6) is 0.871. The van der Waals surface area contributed by atoms with E-state index in [4.69, 9.17) is 0 Å². The molecule has 2 N–H and O–H groups in total. The molecular weight excluding hydrogens is 232 g/mol. The van der Waals surface area contributed by atoms with E-state index in [1.54, 1.807) is 0 Å². The van der Waals surface area contributed by atoms with Gasteiger partial charge >= 0.3 is 0 Å². The number of anilines is 1. The molecular formula is C17H20N2. The van der Waals surface area contributed by atoms with Crippen LogP contribution in [0.3, 0.4) is 0 Å². The quantitative estimate of drug-likeness (QED) is 0.852. The Bertz CT molecular complexity index is 501. The van der Waals surface area contributed by atoms with Crippen molar-refractivity contribution in [1.82, 2.24) is 5.32 Å². The second-order valence-corrected chi connectivity index (χ2v) is 5.18. The van der Waals surface area contributed by atoms with Gasteiger partial charge in [-0.1, -0.05) is 42.5 Å². The summed E-state index contributed by atoms with van der Waals surface area (Å²) in [5.41, 5.74) is 3.76. The summed E-state index contributed by atoms with van der Waals surface area (Å²) in [6.45, 7) is 3.44. The van der Waals surface area contributed by atoms with Crippen molar-refractivity contribution in [1.29, 1.82) is 0 Å². The van der Waals surface area contributed by atoms with Crippen LogP contribution in [0.2, 0.25) is 0 Å². The number of hydrogen-bond donors (Lipinski definition) is 2. The van der Waals surface area contributed by atoms with Gasteiger partial charge in [0.1, 0.15) is 0 Å². The summed E-state index contributed by atoms with van der Waals surface area (Å²) in [5, 5.41) is 6.80. The van der Waals surface area contributed by atoms with Crippen molar-refractivity contribution >= 4 is 5.69 Å². The number of rotatable bonds is 5. The molecule has 2 aromatic rings. The Morgan fingerprint density at radius 1 is 0.895 bits per heavy atom. The Kier molecular flexibility index (Phi) is 3.80. The zero-order chi connectivity index (χ0) is 12.9. The van der Waals surface area contributed by atoms with E-state index in [1.165, 1.54) is 36.3 Å². The molecule has 2 nitrogen and oxygen atoms in total. The van der Waals surface area contributed by atoms with Crippen LogP contribution in [0.15, 0.2) is 54.6 Å². The summed E-state index contributed by atoms with van der Waals surface area (Å²) in [7, 11) is 0. The summed E-state index contributed by atoms with van der Waals surface area (Å²) >= 11 is 0. The maximum absolute atomic E-state index is 3.49. The molecule has 3 rings (SSSR count). The molecule has 19 heavy (non-hydrogen) atoms. The predicted octanol–water partition coefficient (Wildman–Crippen LogP) is 3.38. The highest BCUT2D eigenvalue weighted by molar-refractivity contribution is 5.65. The lowest BCUT2D eigenvalue weighted by Gasteiger charge is -2.27. The summed E-state index contributed by atoms with van der Waals surface area (Å²) < 4.78 is 0. The Hall–Kier alpha value is -1.80. The maximum Gasteiger partial charge on any atom is 0.0340 e. The van der Waals surface area contributed by atoms with Crippen molar-refractivity contribution in [3.8, 4) is 11.1 Å². The molecule has 0 aromatic heterocycles. The summed E-state index contributed by atoms with van der Waals surface area (Å²) in [4.78, 5) is 0. The van der Waals surface area contributed by atoms with Crippen LogP contribution in [0.5, 0.6) is 0 Å². The fraction of sp³-hybridized carbons (Fsp3) is 0.294. The second-order valence-electron chi connectivity index (χ2n) is 5.18. The number of benzene rings is 2. The Labute approximate surface area is 114 Å². The van der Waals surface area contributed by atoms with Crippen LogP contribution < -0.4 is 10.6 Å². The number of hydrogen-bond acceptors (Lipinski definition) is 2. The van der Waals surface area contributed by atoms with E-state index in [0.717, 1.165) is 12.5 Å². The molecule has 1 aliphatic heterocycles. The lowest BCUT2D eigenvalue weighted by atomic mass is 9.99. The van der Waals surface area contributed by atoms with E-state index in [2.05, 4.69) is 65.2 Å². The van der Waals surface area contributed by atoms with Gasteiger partial charge < -0.3 is 10.6 Å². The normalized spacial score (nSPS) is 14.9. The van der Waals surface area contributed by atoms with Gasteiger partial charge in [0.25, 0.3) is 0 Å². The highest BCUT2D eigenvalue weighted by Crippen LogP contribution is 2.21. The van der Waals surface area contributed by atoms with Gasteiger partial charge in [-0.2, -0.15) is 0 Å². The van der Waals surface area contributed by atoms with Gasteiger partial charge in [0.15, 0.2) is 0 Å². The van der Waals surface area contributed by atoms with Crippen molar-refractivity contribution in [2.24, 2.45) is 5.92 Å². The van der Waals surface area contributed by atoms with Gasteiger partial charge in [0, 0.05) is 12.2 Å². The minimum absolute atomic E-state index is 0.871. The third-order valence-electron chi connectivity index (χ3n) is 3.74. The number of nitrogens with one attached hydrogen (secondary N) is 2. The zero-order valence-electron chi connectivity index (χ0n) is 11.1. The zero-order valence-corrected chi connectivity index (χ0v) is 11.1. The van der Waals surface area contributed by atoms with Crippen LogP contribution in [0, 0.1) is 5.92 Å². The molecule has 0 aliphatic carbocycles. The molecule has 0 spiro atoms. The topological polar surface area (TPSA) is 24.1 Å². The first-order valence-electron chi connectivity index (χ1n) is 7.02. The van der Waals surface area contributed by atoms with Crippen molar-refractivity contribution in [3.05, 3.63) is 54.6 Å². The fourth-order valence-electron chi connectivity index (χ4n) is 2.38. The van der Waals surface area contributed by atoms with Crippen molar-refractivity contribution < 1.29 is 0 Å². The largest absolute Gasteiger partial charge is 0.385 e. The van der Waals surface area contributed by atoms with E-state index < -0.39 is 0 Å². The van der Waals surface area contributed by atoms with Crippen molar-refractivity contribution in [2.75, 3.05) is 25.0 Å². The highest BCUT2D eigenvalue weighted by atomic mass is 15.0. The van der Waals surface area contributed by atoms with Crippen LogP contribution in [0.25, 0.3) is 11.1 Å². The molecule has 1 saturated heterocycles. The van der Waals surface area contributed by atoms with Gasteiger partial charge in [0.05, 0.1) is 0 Å². The molecule has 2 heteroatoms. The lowest BCUT2D eigenvalue weighted by Crippen LogP contribution is -2.42. The monoisotopic (exact) mass is 252 g/mol. The molecule has 1 fully saturated rings. The minimum atomic E-state index is 0.871. The third kappa shape index (κ3) is 3.15. The van der Waals surface area contributed by atoms with Crippen LogP contribution >= 0.6 is 0 Å². The van der Waals surface area contributed by atoms with Crippen LogP contribution in [-0.2, 0) is 0 Å². The average Bonchev–Trinajstić information content (AvgIpc) is 2.43. The summed E-state index contributed by atoms with van der Waals surface area (Å²) in [6.07, 6.45) is 1.26. The molecule has 0 bridgehead atoms. The first-order chi connectivity index (χ1) is 9.42. The molecule has 1 heterocycles. The average molecular weight is 252 g/mol. The van der Waals surface area contributed by atoms with Crippen molar-refractivity contribution in [2.45, 2.75) is 6.42 Å². The second kappa shape index (κ2) is 5.89. The van der Waals surface area contributed by atoms with Crippen LogP contribution in [-0.4, -0.2) is 19.6 Å². The molecule has 0 atom stereocenters. The molecule has 0 radical (unpaired) electrons. The van der Waals surface area contributed by atoms with E-state index in [0.29, 0.717) is 0 Å². The smallest absolute Gasteiger partial charge is 0.0340 e. The lowest BCUT2D eigenvalue weighted by molar-refractivity contribution is 0.334. The van der Waals surface area contributed by atoms with E-state index in [-0.39, 0.29) is 0 Å². The van der Waals surface area contributed by atoms with Gasteiger partial charge in [-0.3, -0.25) is 0 Å². The molecule has 98 valence electrons. The van der Waals surface area contributed by atoms with E-state index in [1.807, 2.05) is 0 Å². The Morgan fingerprint density at radius 3 is 2.21 bits per heavy atom. The molecule has 0 amide bonds. The molecule has 2 aromatic carbocycles. The summed E-state index contributed by atoms with van der Waals surface area (Å²) in [6, 6.07) is 19.2. The minimum Gasteiger partial charge on any atom is -0.385 e. The predicted molar refractivity (Wildman–Crippen MR) is 81.3 cm³/mol. The van der Waals surface area contributed by atoms with Gasteiger partial charge in [-0.25, -0.2) is 0 Å². The van der Waals surface area contributed by atoms with Gasteiger partial charge in [0.2, 0.25) is 0 Å². The van der Waals surface area contributed by atoms with E-state index >= 15 is 0 Å². The standard InChI is InChI=1S/C17H20N2/c1-2-4-15(5-3-1)16-6-8-17(9-7-16)19-11-10-14-12-18-13-14/h1-9,14,18-19H,10-13H2. The Morgan fingerprint density at radius 2 is 1.58 bits per heavy atom. The molecule has 1 aliphatic rings. The fourth-order valence-corrected chi connectivity index (χ4v) is 2.38. The Balaban J connectivity index is 1.56. The first kappa shape index (κ1) is 12.2. The third-order valence-corrected chi connectivity index (χ3v) is 3.74. The first-order valence-corrected chi connectivity index (χ1v) is 7.02.